The molecule has 0 amide bonds. The van der Waals surface area contributed by atoms with E-state index in [-0.39, 0.29) is 17.3 Å². The van der Waals surface area contributed by atoms with Gasteiger partial charge in [0.15, 0.2) is 11.5 Å². The van der Waals surface area contributed by atoms with Crippen LogP contribution in [-0.2, 0) is 11.8 Å². The van der Waals surface area contributed by atoms with Gasteiger partial charge in [-0.2, -0.15) is 0 Å². The van der Waals surface area contributed by atoms with Crippen LogP contribution in [-0.4, -0.2) is 47.0 Å². The molecule has 0 bridgehead atoms. The highest BCUT2D eigenvalue weighted by atomic mass is 16.5. The van der Waals surface area contributed by atoms with Crippen LogP contribution in [0.1, 0.15) is 43.7 Å². The van der Waals surface area contributed by atoms with Crippen molar-refractivity contribution in [2.24, 2.45) is 5.92 Å². The Hall–Kier alpha value is -1.52. The zero-order valence-corrected chi connectivity index (χ0v) is 15.2. The van der Waals surface area contributed by atoms with Crippen LogP contribution in [0.2, 0.25) is 0 Å². The van der Waals surface area contributed by atoms with Gasteiger partial charge in [0.25, 0.3) is 0 Å². The highest BCUT2D eigenvalue weighted by Gasteiger charge is 2.63. The van der Waals surface area contributed by atoms with Crippen LogP contribution in [0.15, 0.2) is 24.8 Å². The highest BCUT2D eigenvalue weighted by Crippen LogP contribution is 2.62. The summed E-state index contributed by atoms with van der Waals surface area (Å²) in [4.78, 5) is 2.40. The molecular formula is C21H29NO3. The van der Waals surface area contributed by atoms with Crippen molar-refractivity contribution in [3.05, 3.63) is 35.9 Å². The second-order valence-corrected chi connectivity index (χ2v) is 8.03. The Morgan fingerprint density at radius 1 is 1.40 bits per heavy atom. The topological polar surface area (TPSA) is 52.9 Å². The summed E-state index contributed by atoms with van der Waals surface area (Å²) >= 11 is 0. The summed E-state index contributed by atoms with van der Waals surface area (Å²) in [7, 11) is 2.17. The fourth-order valence-electron chi connectivity index (χ4n) is 5.94. The lowest BCUT2D eigenvalue weighted by Crippen LogP contribution is -2.62. The average Bonchev–Trinajstić information content (AvgIpc) is 2.94. The van der Waals surface area contributed by atoms with Gasteiger partial charge >= 0.3 is 0 Å². The number of phenolic OH excluding ortho intramolecular Hbond substituents is 1. The third-order valence-electron chi connectivity index (χ3n) is 6.77. The molecule has 2 N–H and O–H groups in total. The number of ether oxygens (including phenoxy) is 1. The molecule has 1 aliphatic heterocycles. The second kappa shape index (κ2) is 6.03. The van der Waals surface area contributed by atoms with Crippen LogP contribution in [0.25, 0.3) is 0 Å². The van der Waals surface area contributed by atoms with Gasteiger partial charge in [-0.15, -0.1) is 6.58 Å². The van der Waals surface area contributed by atoms with Gasteiger partial charge in [0.2, 0.25) is 0 Å². The molecule has 1 aromatic carbocycles. The lowest BCUT2D eigenvalue weighted by molar-refractivity contribution is -0.0770. The molecule has 2 aliphatic carbocycles. The number of hydrogen-bond acceptors (Lipinski definition) is 4. The molecule has 0 aromatic heterocycles. The van der Waals surface area contributed by atoms with Gasteiger partial charge in [-0.05, 0) is 50.3 Å². The predicted molar refractivity (Wildman–Crippen MR) is 98.2 cm³/mol. The van der Waals surface area contributed by atoms with Crippen molar-refractivity contribution in [3.63, 3.8) is 0 Å². The number of aliphatic hydroxyl groups is 1. The van der Waals surface area contributed by atoms with Crippen LogP contribution >= 0.6 is 0 Å². The molecule has 1 aromatic rings. The molecule has 0 radical (unpaired) electrons. The summed E-state index contributed by atoms with van der Waals surface area (Å²) in [6.07, 6.45) is 6.01. The van der Waals surface area contributed by atoms with Gasteiger partial charge in [0.05, 0.1) is 6.10 Å². The first-order valence-corrected chi connectivity index (χ1v) is 9.55. The van der Waals surface area contributed by atoms with Crippen molar-refractivity contribution in [2.45, 2.75) is 62.7 Å². The van der Waals surface area contributed by atoms with Gasteiger partial charge in [0, 0.05) is 23.6 Å². The van der Waals surface area contributed by atoms with Crippen LogP contribution in [0.4, 0.5) is 0 Å². The van der Waals surface area contributed by atoms with Crippen molar-refractivity contribution >= 4 is 0 Å². The van der Waals surface area contributed by atoms with Crippen molar-refractivity contribution in [1.29, 1.82) is 0 Å². The monoisotopic (exact) mass is 343 g/mol. The molecule has 0 saturated heterocycles. The fraction of sp³-hybridized carbons (Fsp3) is 0.619. The summed E-state index contributed by atoms with van der Waals surface area (Å²) in [5.41, 5.74) is 2.27. The average molecular weight is 343 g/mol. The molecule has 0 spiro atoms. The first kappa shape index (κ1) is 16.9. The van der Waals surface area contributed by atoms with E-state index in [0.717, 1.165) is 38.6 Å². The molecular weight excluding hydrogens is 314 g/mol. The van der Waals surface area contributed by atoms with Crippen molar-refractivity contribution in [1.82, 2.24) is 4.90 Å². The van der Waals surface area contributed by atoms with E-state index in [4.69, 9.17) is 4.74 Å². The lowest BCUT2D eigenvalue weighted by atomic mass is 9.53. The Labute approximate surface area is 150 Å². The Morgan fingerprint density at radius 2 is 2.20 bits per heavy atom. The second-order valence-electron chi connectivity index (χ2n) is 8.03. The maximum atomic E-state index is 10.8. The predicted octanol–water partition coefficient (Wildman–Crippen LogP) is 3.00. The third kappa shape index (κ3) is 2.20. The van der Waals surface area contributed by atoms with Crippen LogP contribution in [0.3, 0.4) is 0 Å². The molecule has 4 nitrogen and oxygen atoms in total. The maximum Gasteiger partial charge on any atom is 0.165 e. The molecule has 3 unspecified atom stereocenters. The standard InChI is InChI=1S/C21H29NO3/c1-4-10-21-14-7-9-17(24)20(21)25-19-16(23)8-6-13(18(19)21)12-15(14)22(3)11-5-2/h5-6,8,14-15,17,20,23-24H,2,4,7,9-12H2,1,3H3/t14?,15?,17-,20?,21-/m1/s1. The molecule has 1 saturated carbocycles. The first-order valence-electron chi connectivity index (χ1n) is 9.55. The molecule has 25 heavy (non-hydrogen) atoms. The number of phenols is 1. The summed E-state index contributed by atoms with van der Waals surface area (Å²) in [5.74, 6) is 1.28. The molecule has 4 rings (SSSR count). The number of hydrogen-bond donors (Lipinski definition) is 2. The van der Waals surface area contributed by atoms with Crippen LogP contribution in [0, 0.1) is 5.92 Å². The Morgan fingerprint density at radius 3 is 2.92 bits per heavy atom. The van der Waals surface area contributed by atoms with E-state index in [2.05, 4.69) is 31.5 Å². The van der Waals surface area contributed by atoms with E-state index in [0.29, 0.717) is 17.7 Å². The van der Waals surface area contributed by atoms with E-state index >= 15 is 0 Å². The Balaban J connectivity index is 1.91. The Bertz CT molecular complexity index is 688. The number of nitrogens with zero attached hydrogens (tertiary/aromatic N) is 1. The van der Waals surface area contributed by atoms with Gasteiger partial charge in [-0.3, -0.25) is 4.90 Å². The molecule has 3 aliphatic rings. The number of benzene rings is 1. The van der Waals surface area contributed by atoms with Crippen LogP contribution < -0.4 is 4.74 Å². The minimum atomic E-state index is -0.467. The summed E-state index contributed by atoms with van der Waals surface area (Å²) in [6.45, 7) is 6.97. The van der Waals surface area contributed by atoms with Gasteiger partial charge in [-0.1, -0.05) is 25.5 Å². The fourth-order valence-corrected chi connectivity index (χ4v) is 5.94. The van der Waals surface area contributed by atoms with Gasteiger partial charge < -0.3 is 14.9 Å². The number of aromatic hydroxyl groups is 1. The highest BCUT2D eigenvalue weighted by molar-refractivity contribution is 5.60. The minimum Gasteiger partial charge on any atom is -0.504 e. The summed E-state index contributed by atoms with van der Waals surface area (Å²) in [5, 5.41) is 21.2. The summed E-state index contributed by atoms with van der Waals surface area (Å²) in [6, 6.07) is 4.22. The zero-order chi connectivity index (χ0) is 17.8. The third-order valence-corrected chi connectivity index (χ3v) is 6.77. The van der Waals surface area contributed by atoms with E-state index in [1.807, 2.05) is 6.08 Å². The smallest absolute Gasteiger partial charge is 0.165 e. The minimum absolute atomic E-state index is 0.186. The molecule has 4 heteroatoms. The largest absolute Gasteiger partial charge is 0.504 e. The van der Waals surface area contributed by atoms with E-state index < -0.39 is 6.10 Å². The van der Waals surface area contributed by atoms with Crippen molar-refractivity contribution in [3.8, 4) is 11.5 Å². The van der Waals surface area contributed by atoms with E-state index in [9.17, 15) is 10.2 Å². The quantitative estimate of drug-likeness (QED) is 0.807. The maximum absolute atomic E-state index is 10.8. The first-order chi connectivity index (χ1) is 12.0. The number of likely N-dealkylation sites (N-methyl/N-ethyl adjacent to an activating group) is 1. The summed E-state index contributed by atoms with van der Waals surface area (Å²) < 4.78 is 6.25. The zero-order valence-electron chi connectivity index (χ0n) is 15.2. The number of aliphatic hydroxyl groups excluding tert-OH is 1. The van der Waals surface area contributed by atoms with E-state index in [1.54, 1.807) is 6.07 Å². The SMILES string of the molecule is C=CCN(C)C1Cc2ccc(O)c3c2[C@@]2(CCC)C1CC[C@@H](O)C2O3. The van der Waals surface area contributed by atoms with Gasteiger partial charge in [-0.25, -0.2) is 0 Å². The van der Waals surface area contributed by atoms with Crippen LogP contribution in [0.5, 0.6) is 11.5 Å². The molecule has 5 atom stereocenters. The Kier molecular flexibility index (Phi) is 4.08. The molecule has 1 heterocycles. The normalized spacial score (nSPS) is 35.4. The number of rotatable bonds is 5. The van der Waals surface area contributed by atoms with Crippen molar-refractivity contribution < 1.29 is 14.9 Å². The molecule has 1 fully saturated rings. The lowest BCUT2D eigenvalue weighted by Gasteiger charge is -2.54. The molecule has 136 valence electrons. The van der Waals surface area contributed by atoms with E-state index in [1.165, 1.54) is 11.1 Å². The van der Waals surface area contributed by atoms with Gasteiger partial charge in [0.1, 0.15) is 6.10 Å². The van der Waals surface area contributed by atoms with Crippen molar-refractivity contribution in [2.75, 3.05) is 13.6 Å².